The molecule has 74 valence electrons. The van der Waals surface area contributed by atoms with E-state index < -0.39 is 0 Å². The molecular formula is C9H12N4S. The molecule has 1 aliphatic carbocycles. The van der Waals surface area contributed by atoms with Crippen LogP contribution in [-0.2, 0) is 0 Å². The summed E-state index contributed by atoms with van der Waals surface area (Å²) in [6.45, 7) is 0.770. The monoisotopic (exact) mass is 208 g/mol. The molecule has 0 aromatic carbocycles. The van der Waals surface area contributed by atoms with Gasteiger partial charge in [-0.15, -0.1) is 11.3 Å². The number of nitrogens with zero attached hydrogens (tertiary/aromatic N) is 3. The van der Waals surface area contributed by atoms with Gasteiger partial charge in [0.05, 0.1) is 23.8 Å². The van der Waals surface area contributed by atoms with Crippen LogP contribution >= 0.6 is 11.3 Å². The van der Waals surface area contributed by atoms with Crippen LogP contribution in [-0.4, -0.2) is 28.4 Å². The van der Waals surface area contributed by atoms with Gasteiger partial charge in [-0.05, 0) is 12.8 Å². The summed E-state index contributed by atoms with van der Waals surface area (Å²) in [5.41, 5.74) is 8.85. The van der Waals surface area contributed by atoms with Crippen LogP contribution in [0.3, 0.4) is 0 Å². The minimum absolute atomic E-state index is 0.300. The van der Waals surface area contributed by atoms with E-state index in [4.69, 9.17) is 5.73 Å². The fourth-order valence-electron chi connectivity index (χ4n) is 1.93. The number of aromatic nitrogens is 1. The van der Waals surface area contributed by atoms with Crippen molar-refractivity contribution in [2.75, 3.05) is 6.54 Å². The van der Waals surface area contributed by atoms with Crippen LogP contribution in [0.5, 0.6) is 0 Å². The maximum atomic E-state index is 5.87. The molecule has 0 saturated heterocycles. The van der Waals surface area contributed by atoms with Gasteiger partial charge < -0.3 is 10.6 Å². The van der Waals surface area contributed by atoms with Gasteiger partial charge in [0.15, 0.2) is 5.96 Å². The molecule has 3 rings (SSSR count). The second-order valence-electron chi connectivity index (χ2n) is 3.77. The highest BCUT2D eigenvalue weighted by atomic mass is 32.1. The zero-order valence-corrected chi connectivity index (χ0v) is 8.57. The van der Waals surface area contributed by atoms with E-state index in [-0.39, 0.29) is 0 Å². The lowest BCUT2D eigenvalue weighted by Crippen LogP contribution is -2.37. The van der Waals surface area contributed by atoms with Crippen LogP contribution in [0.2, 0.25) is 0 Å². The minimum atomic E-state index is 0.300. The largest absolute Gasteiger partial charge is 0.370 e. The van der Waals surface area contributed by atoms with Gasteiger partial charge in [0.1, 0.15) is 0 Å². The van der Waals surface area contributed by atoms with Crippen LogP contribution in [0.1, 0.15) is 24.6 Å². The van der Waals surface area contributed by atoms with Crippen molar-refractivity contribution in [3.05, 3.63) is 16.6 Å². The molecular weight excluding hydrogens is 196 g/mol. The molecule has 2 heterocycles. The number of thiazole rings is 1. The average molecular weight is 208 g/mol. The normalized spacial score (nSPS) is 26.7. The number of hydrogen-bond acceptors (Lipinski definition) is 5. The van der Waals surface area contributed by atoms with Crippen molar-refractivity contribution in [1.82, 2.24) is 9.88 Å². The van der Waals surface area contributed by atoms with Gasteiger partial charge >= 0.3 is 0 Å². The Morgan fingerprint density at radius 1 is 1.50 bits per heavy atom. The van der Waals surface area contributed by atoms with Crippen molar-refractivity contribution in [1.29, 1.82) is 0 Å². The fourth-order valence-corrected chi connectivity index (χ4v) is 2.53. The van der Waals surface area contributed by atoms with Crippen molar-refractivity contribution in [3.63, 3.8) is 0 Å². The summed E-state index contributed by atoms with van der Waals surface area (Å²) in [6.07, 6.45) is 2.49. The lowest BCUT2D eigenvalue weighted by atomic mass is 10.2. The van der Waals surface area contributed by atoms with E-state index >= 15 is 0 Å². The Hall–Kier alpha value is -1.10. The maximum Gasteiger partial charge on any atom is 0.192 e. The summed E-state index contributed by atoms with van der Waals surface area (Å²) in [6, 6.07) is 0.918. The van der Waals surface area contributed by atoms with Gasteiger partial charge in [-0.2, -0.15) is 0 Å². The number of nitrogens with two attached hydrogens (primary N) is 1. The van der Waals surface area contributed by atoms with Gasteiger partial charge in [0.2, 0.25) is 0 Å². The number of aliphatic imine (C=N–C) groups is 1. The van der Waals surface area contributed by atoms with Gasteiger partial charge in [-0.3, -0.25) is 4.99 Å². The molecule has 1 fully saturated rings. The Morgan fingerprint density at radius 3 is 3.00 bits per heavy atom. The van der Waals surface area contributed by atoms with Crippen LogP contribution in [0, 0.1) is 0 Å². The van der Waals surface area contributed by atoms with E-state index in [0.717, 1.165) is 12.2 Å². The Balaban J connectivity index is 1.87. The van der Waals surface area contributed by atoms with Crippen LogP contribution in [0.15, 0.2) is 15.9 Å². The number of guanidine groups is 1. The first kappa shape index (κ1) is 8.23. The van der Waals surface area contributed by atoms with E-state index in [1.54, 1.807) is 11.3 Å². The SMILES string of the molecule is NC1=NCC(c2cscn2)N1C1CC1. The van der Waals surface area contributed by atoms with E-state index in [2.05, 4.69) is 20.3 Å². The summed E-state index contributed by atoms with van der Waals surface area (Å²) in [5, 5.41) is 2.09. The molecule has 0 spiro atoms. The molecule has 5 heteroatoms. The summed E-state index contributed by atoms with van der Waals surface area (Å²) in [7, 11) is 0. The molecule has 1 saturated carbocycles. The van der Waals surface area contributed by atoms with Gasteiger partial charge in [0, 0.05) is 11.4 Å². The van der Waals surface area contributed by atoms with E-state index in [0.29, 0.717) is 18.0 Å². The van der Waals surface area contributed by atoms with Crippen molar-refractivity contribution >= 4 is 17.3 Å². The third kappa shape index (κ3) is 1.19. The first-order valence-electron chi connectivity index (χ1n) is 4.82. The molecule has 0 radical (unpaired) electrons. The van der Waals surface area contributed by atoms with E-state index in [1.165, 1.54) is 12.8 Å². The predicted octanol–water partition coefficient (Wildman–Crippen LogP) is 0.977. The summed E-state index contributed by atoms with van der Waals surface area (Å²) in [5.74, 6) is 0.700. The fraction of sp³-hybridized carbons (Fsp3) is 0.556. The van der Waals surface area contributed by atoms with E-state index in [9.17, 15) is 0 Å². The lowest BCUT2D eigenvalue weighted by Gasteiger charge is -2.24. The third-order valence-electron chi connectivity index (χ3n) is 2.76. The Labute approximate surface area is 86.5 Å². The standard InChI is InChI=1S/C9H12N4S/c10-9-11-3-8(7-4-14-5-12-7)13(9)6-1-2-6/h4-6,8H,1-3H2,(H2,10,11). The molecule has 1 aliphatic heterocycles. The molecule has 1 aromatic rings. The van der Waals surface area contributed by atoms with Crippen molar-refractivity contribution in [2.45, 2.75) is 24.9 Å². The summed E-state index contributed by atoms with van der Waals surface area (Å²) < 4.78 is 0. The Bertz CT molecular complexity index is 355. The van der Waals surface area contributed by atoms with Crippen LogP contribution in [0.4, 0.5) is 0 Å². The molecule has 14 heavy (non-hydrogen) atoms. The quantitative estimate of drug-likeness (QED) is 0.788. The zero-order valence-electron chi connectivity index (χ0n) is 7.76. The minimum Gasteiger partial charge on any atom is -0.370 e. The molecule has 1 aromatic heterocycles. The second kappa shape index (κ2) is 2.95. The molecule has 4 nitrogen and oxygen atoms in total. The highest BCUT2D eigenvalue weighted by Crippen LogP contribution is 2.36. The van der Waals surface area contributed by atoms with Crippen molar-refractivity contribution in [2.24, 2.45) is 10.7 Å². The Kier molecular flexibility index (Phi) is 1.73. The third-order valence-corrected chi connectivity index (χ3v) is 3.36. The zero-order chi connectivity index (χ0) is 9.54. The first-order chi connectivity index (χ1) is 6.86. The number of rotatable bonds is 2. The van der Waals surface area contributed by atoms with Crippen molar-refractivity contribution in [3.8, 4) is 0 Å². The van der Waals surface area contributed by atoms with E-state index in [1.807, 2.05) is 5.51 Å². The Morgan fingerprint density at radius 2 is 2.36 bits per heavy atom. The highest BCUT2D eigenvalue weighted by molar-refractivity contribution is 7.07. The predicted molar refractivity (Wildman–Crippen MR) is 56.2 cm³/mol. The summed E-state index contributed by atoms with van der Waals surface area (Å²) >= 11 is 1.63. The summed E-state index contributed by atoms with van der Waals surface area (Å²) in [4.78, 5) is 10.9. The number of hydrogen-bond donors (Lipinski definition) is 1. The maximum absolute atomic E-state index is 5.87. The highest BCUT2D eigenvalue weighted by Gasteiger charge is 2.39. The molecule has 0 bridgehead atoms. The first-order valence-corrected chi connectivity index (χ1v) is 5.77. The molecule has 1 atom stereocenters. The lowest BCUT2D eigenvalue weighted by molar-refractivity contribution is 0.333. The average Bonchev–Trinajstić information content (AvgIpc) is 2.75. The molecule has 2 N–H and O–H groups in total. The van der Waals surface area contributed by atoms with Gasteiger partial charge in [0.25, 0.3) is 0 Å². The molecule has 1 unspecified atom stereocenters. The van der Waals surface area contributed by atoms with Crippen LogP contribution in [0.25, 0.3) is 0 Å². The van der Waals surface area contributed by atoms with Gasteiger partial charge in [-0.25, -0.2) is 4.98 Å². The van der Waals surface area contributed by atoms with Gasteiger partial charge in [-0.1, -0.05) is 0 Å². The van der Waals surface area contributed by atoms with Crippen molar-refractivity contribution < 1.29 is 0 Å². The van der Waals surface area contributed by atoms with Crippen LogP contribution < -0.4 is 5.73 Å². The molecule has 0 amide bonds. The topological polar surface area (TPSA) is 54.5 Å². The molecule has 2 aliphatic rings. The second-order valence-corrected chi connectivity index (χ2v) is 4.49. The smallest absolute Gasteiger partial charge is 0.192 e.